The molecule has 3 rings (SSSR count). The second-order valence-electron chi connectivity index (χ2n) is 3.96. The van der Waals surface area contributed by atoms with Gasteiger partial charge in [-0.05, 0) is 12.0 Å². The van der Waals surface area contributed by atoms with Gasteiger partial charge in [0.1, 0.15) is 4.87 Å². The van der Waals surface area contributed by atoms with Gasteiger partial charge >= 0.3 is 0 Å². The van der Waals surface area contributed by atoms with E-state index in [0.717, 1.165) is 11.3 Å². The van der Waals surface area contributed by atoms with Crippen molar-refractivity contribution >= 4 is 11.8 Å². The topological polar surface area (TPSA) is 21.9 Å². The smallest absolute Gasteiger partial charge is 0.106 e. The van der Waals surface area contributed by atoms with Crippen LogP contribution in [0.25, 0.3) is 0 Å². The normalized spacial score (nSPS) is 41.6. The average molecular weight is 191 g/mol. The number of thioether (sulfide) groups is 1. The molecule has 2 aliphatic heterocycles. The van der Waals surface area contributed by atoms with Crippen LogP contribution in [0.1, 0.15) is 18.9 Å². The second kappa shape index (κ2) is 2.52. The molecule has 1 N–H and O–H groups in total. The molecule has 68 valence electrons. The fraction of sp³-hybridized carbons (Fsp3) is 0.455. The highest BCUT2D eigenvalue weighted by Gasteiger charge is 2.60. The highest BCUT2D eigenvalue weighted by atomic mass is 32.2. The van der Waals surface area contributed by atoms with Gasteiger partial charge in [0.15, 0.2) is 0 Å². The Bertz CT molecular complexity index is 324. The van der Waals surface area contributed by atoms with E-state index >= 15 is 0 Å². The van der Waals surface area contributed by atoms with Gasteiger partial charge in [-0.1, -0.05) is 37.3 Å². The van der Waals surface area contributed by atoms with Crippen LogP contribution in [-0.2, 0) is 4.87 Å². The van der Waals surface area contributed by atoms with Crippen LogP contribution in [0.4, 0.5) is 0 Å². The minimum atomic E-state index is 0.292. The molecule has 0 amide bonds. The molecule has 2 heteroatoms. The number of benzene rings is 1. The van der Waals surface area contributed by atoms with E-state index in [9.17, 15) is 0 Å². The van der Waals surface area contributed by atoms with Gasteiger partial charge in [0, 0.05) is 11.3 Å². The van der Waals surface area contributed by atoms with Crippen molar-refractivity contribution in [1.82, 2.24) is 5.32 Å². The molecule has 0 spiro atoms. The molecule has 1 nitrogen and oxygen atoms in total. The third kappa shape index (κ3) is 1.05. The van der Waals surface area contributed by atoms with E-state index in [1.807, 2.05) is 0 Å². The van der Waals surface area contributed by atoms with Gasteiger partial charge in [-0.3, -0.25) is 5.32 Å². The van der Waals surface area contributed by atoms with Crippen molar-refractivity contribution in [2.75, 3.05) is 0 Å². The Kier molecular flexibility index (Phi) is 1.53. The van der Waals surface area contributed by atoms with Gasteiger partial charge in [-0.2, -0.15) is 0 Å². The van der Waals surface area contributed by atoms with Crippen LogP contribution in [0.2, 0.25) is 0 Å². The van der Waals surface area contributed by atoms with Crippen LogP contribution >= 0.6 is 11.8 Å². The SMILES string of the molecule is CC1CC2NC2(c2ccccc2)S1. The van der Waals surface area contributed by atoms with Gasteiger partial charge in [-0.15, -0.1) is 11.8 Å². The van der Waals surface area contributed by atoms with Crippen LogP contribution in [0.5, 0.6) is 0 Å². The summed E-state index contributed by atoms with van der Waals surface area (Å²) in [6, 6.07) is 11.5. The summed E-state index contributed by atoms with van der Waals surface area (Å²) in [6.45, 7) is 2.32. The monoisotopic (exact) mass is 191 g/mol. The molecule has 0 aromatic heterocycles. The third-order valence-electron chi connectivity index (χ3n) is 2.95. The Balaban J connectivity index is 1.95. The van der Waals surface area contributed by atoms with Gasteiger partial charge in [0.05, 0.1) is 0 Å². The third-order valence-corrected chi connectivity index (χ3v) is 4.56. The van der Waals surface area contributed by atoms with Crippen molar-refractivity contribution in [3.8, 4) is 0 Å². The van der Waals surface area contributed by atoms with Crippen LogP contribution < -0.4 is 5.32 Å². The number of fused-ring (bicyclic) bond motifs is 1. The molecule has 2 aliphatic rings. The van der Waals surface area contributed by atoms with Crippen molar-refractivity contribution in [3.63, 3.8) is 0 Å². The average Bonchev–Trinajstić information content (AvgIpc) is 2.72. The minimum absolute atomic E-state index is 0.292. The summed E-state index contributed by atoms with van der Waals surface area (Å²) in [5.74, 6) is 0. The minimum Gasteiger partial charge on any atom is -0.292 e. The summed E-state index contributed by atoms with van der Waals surface area (Å²) in [5.41, 5.74) is 1.45. The van der Waals surface area contributed by atoms with E-state index in [0.29, 0.717) is 4.87 Å². The second-order valence-corrected chi connectivity index (χ2v) is 5.65. The zero-order valence-electron chi connectivity index (χ0n) is 7.66. The highest BCUT2D eigenvalue weighted by Crippen LogP contribution is 2.58. The summed E-state index contributed by atoms with van der Waals surface area (Å²) in [6.07, 6.45) is 1.32. The summed E-state index contributed by atoms with van der Waals surface area (Å²) in [4.78, 5) is 0.292. The molecule has 3 atom stereocenters. The van der Waals surface area contributed by atoms with E-state index < -0.39 is 0 Å². The molecular weight excluding hydrogens is 178 g/mol. The van der Waals surface area contributed by atoms with Crippen LogP contribution in [0, 0.1) is 0 Å². The van der Waals surface area contributed by atoms with Crippen LogP contribution in [-0.4, -0.2) is 11.3 Å². The lowest BCUT2D eigenvalue weighted by atomic mass is 10.1. The van der Waals surface area contributed by atoms with Gasteiger partial charge < -0.3 is 0 Å². The molecule has 1 aromatic carbocycles. The van der Waals surface area contributed by atoms with E-state index in [2.05, 4.69) is 54.3 Å². The van der Waals surface area contributed by atoms with Crippen molar-refractivity contribution in [3.05, 3.63) is 35.9 Å². The quantitative estimate of drug-likeness (QED) is 0.688. The number of hydrogen-bond donors (Lipinski definition) is 1. The van der Waals surface area contributed by atoms with Gasteiger partial charge in [0.2, 0.25) is 0 Å². The van der Waals surface area contributed by atoms with E-state index in [4.69, 9.17) is 0 Å². The molecular formula is C11H13NS. The zero-order valence-corrected chi connectivity index (χ0v) is 8.47. The summed E-state index contributed by atoms with van der Waals surface area (Å²) in [5, 5.41) is 4.40. The molecule has 2 fully saturated rings. The van der Waals surface area contributed by atoms with E-state index in [1.54, 1.807) is 0 Å². The van der Waals surface area contributed by atoms with Gasteiger partial charge in [0.25, 0.3) is 0 Å². The van der Waals surface area contributed by atoms with Crippen LogP contribution in [0.3, 0.4) is 0 Å². The Hall–Kier alpha value is -0.470. The van der Waals surface area contributed by atoms with Crippen LogP contribution in [0.15, 0.2) is 30.3 Å². The molecule has 0 aliphatic carbocycles. The lowest BCUT2D eigenvalue weighted by Gasteiger charge is -2.12. The molecule has 2 heterocycles. The van der Waals surface area contributed by atoms with Gasteiger partial charge in [-0.25, -0.2) is 0 Å². The first-order chi connectivity index (χ1) is 6.31. The van der Waals surface area contributed by atoms with E-state index in [-0.39, 0.29) is 0 Å². The summed E-state index contributed by atoms with van der Waals surface area (Å²) in [7, 11) is 0. The largest absolute Gasteiger partial charge is 0.292 e. The fourth-order valence-electron chi connectivity index (χ4n) is 2.29. The first-order valence-corrected chi connectivity index (χ1v) is 5.70. The number of nitrogens with one attached hydrogen (secondary N) is 1. The molecule has 0 bridgehead atoms. The fourth-order valence-corrected chi connectivity index (χ4v) is 3.96. The predicted octanol–water partition coefficient (Wildman–Crippen LogP) is 2.34. The van der Waals surface area contributed by atoms with Crippen molar-refractivity contribution in [2.45, 2.75) is 29.5 Å². The lowest BCUT2D eigenvalue weighted by Crippen LogP contribution is -2.08. The molecule has 0 radical (unpaired) electrons. The van der Waals surface area contributed by atoms with Crippen molar-refractivity contribution < 1.29 is 0 Å². The van der Waals surface area contributed by atoms with Crippen molar-refractivity contribution in [1.29, 1.82) is 0 Å². The molecule has 2 saturated heterocycles. The Labute approximate surface area is 82.9 Å². The molecule has 13 heavy (non-hydrogen) atoms. The first-order valence-electron chi connectivity index (χ1n) is 4.82. The molecule has 1 aromatic rings. The Morgan fingerprint density at radius 3 is 2.77 bits per heavy atom. The standard InChI is InChI=1S/C11H13NS/c1-8-7-10-11(12-10,13-8)9-5-3-2-4-6-9/h2-6,8,10,12H,7H2,1H3. The molecule has 0 saturated carbocycles. The molecule has 3 unspecified atom stereocenters. The summed E-state index contributed by atoms with van der Waals surface area (Å²) < 4.78 is 0. The highest BCUT2D eigenvalue weighted by molar-refractivity contribution is 8.01. The maximum Gasteiger partial charge on any atom is 0.106 e. The Morgan fingerprint density at radius 1 is 1.38 bits per heavy atom. The Morgan fingerprint density at radius 2 is 2.15 bits per heavy atom. The lowest BCUT2D eigenvalue weighted by molar-refractivity contribution is 0.803. The maximum atomic E-state index is 3.59. The zero-order chi connectivity index (χ0) is 8.89. The predicted molar refractivity (Wildman–Crippen MR) is 56.7 cm³/mol. The number of rotatable bonds is 1. The van der Waals surface area contributed by atoms with E-state index in [1.165, 1.54) is 12.0 Å². The number of hydrogen-bond acceptors (Lipinski definition) is 2. The first kappa shape index (κ1) is 7.89. The van der Waals surface area contributed by atoms with Crippen molar-refractivity contribution in [2.24, 2.45) is 0 Å². The summed E-state index contributed by atoms with van der Waals surface area (Å²) >= 11 is 2.08. The maximum absolute atomic E-state index is 3.59.